The minimum atomic E-state index is -0.663. The van der Waals surface area contributed by atoms with Crippen LogP contribution in [0.1, 0.15) is 52.9 Å². The zero-order valence-electron chi connectivity index (χ0n) is 13.2. The number of carboxylic acids is 1. The second-order valence-electron chi connectivity index (χ2n) is 7.38. The van der Waals surface area contributed by atoms with Crippen molar-refractivity contribution >= 4 is 5.97 Å². The number of nitrogens with zero attached hydrogens (tertiary/aromatic N) is 1. The molecular weight excluding hydrogens is 252 g/mol. The molecular formula is C16H30N2O2. The van der Waals surface area contributed by atoms with Gasteiger partial charge in [-0.05, 0) is 56.7 Å². The Labute approximate surface area is 122 Å². The molecule has 1 aliphatic carbocycles. The Morgan fingerprint density at radius 1 is 1.40 bits per heavy atom. The third kappa shape index (κ3) is 3.17. The Morgan fingerprint density at radius 2 is 2.15 bits per heavy atom. The molecule has 2 atom stereocenters. The van der Waals surface area contributed by atoms with E-state index in [0.717, 1.165) is 45.3 Å². The van der Waals surface area contributed by atoms with Crippen molar-refractivity contribution in [1.29, 1.82) is 0 Å². The topological polar surface area (TPSA) is 52.6 Å². The van der Waals surface area contributed by atoms with Crippen LogP contribution in [0, 0.1) is 11.3 Å². The lowest BCUT2D eigenvalue weighted by molar-refractivity contribution is -0.146. The summed E-state index contributed by atoms with van der Waals surface area (Å²) in [5.41, 5.74) is -0.231. The summed E-state index contributed by atoms with van der Waals surface area (Å²) in [5, 5.41) is 12.9. The lowest BCUT2D eigenvalue weighted by Gasteiger charge is -2.33. The molecule has 2 fully saturated rings. The molecule has 4 heteroatoms. The number of likely N-dealkylation sites (tertiary alicyclic amines) is 1. The standard InChI is InChI=1S/C16H30N2O2/c1-4-17-16(14(19)20)8-5-6-13(16)7-10-18-11-9-15(2,3)12-18/h13,17H,4-12H2,1-3H3,(H,19,20). The summed E-state index contributed by atoms with van der Waals surface area (Å²) in [6.45, 7) is 10.8. The molecule has 1 heterocycles. The molecule has 20 heavy (non-hydrogen) atoms. The van der Waals surface area contributed by atoms with Crippen molar-refractivity contribution in [2.24, 2.45) is 11.3 Å². The minimum absolute atomic E-state index is 0.281. The minimum Gasteiger partial charge on any atom is -0.480 e. The summed E-state index contributed by atoms with van der Waals surface area (Å²) in [4.78, 5) is 14.3. The van der Waals surface area contributed by atoms with Crippen LogP contribution in [0.3, 0.4) is 0 Å². The molecule has 0 spiro atoms. The van der Waals surface area contributed by atoms with E-state index in [0.29, 0.717) is 5.41 Å². The molecule has 0 radical (unpaired) electrons. The first kappa shape index (κ1) is 15.8. The lowest BCUT2D eigenvalue weighted by atomic mass is 9.84. The number of likely N-dealkylation sites (N-methyl/N-ethyl adjacent to an activating group) is 1. The number of hydrogen-bond acceptors (Lipinski definition) is 3. The molecule has 0 aromatic carbocycles. The number of nitrogens with one attached hydrogen (secondary N) is 1. The van der Waals surface area contributed by atoms with Gasteiger partial charge in [-0.1, -0.05) is 27.2 Å². The molecule has 2 unspecified atom stereocenters. The van der Waals surface area contributed by atoms with Crippen molar-refractivity contribution in [1.82, 2.24) is 10.2 Å². The highest BCUT2D eigenvalue weighted by Crippen LogP contribution is 2.39. The molecule has 116 valence electrons. The van der Waals surface area contributed by atoms with Crippen LogP contribution in [0.25, 0.3) is 0 Å². The second kappa shape index (κ2) is 6.02. The molecule has 2 rings (SSSR count). The van der Waals surface area contributed by atoms with E-state index in [1.807, 2.05) is 6.92 Å². The van der Waals surface area contributed by atoms with Gasteiger partial charge in [-0.2, -0.15) is 0 Å². The van der Waals surface area contributed by atoms with Gasteiger partial charge in [0.05, 0.1) is 0 Å². The van der Waals surface area contributed by atoms with Gasteiger partial charge in [0.2, 0.25) is 0 Å². The van der Waals surface area contributed by atoms with Crippen LogP contribution in [0.15, 0.2) is 0 Å². The SMILES string of the molecule is CCNC1(C(=O)O)CCCC1CCN1CCC(C)(C)C1. The van der Waals surface area contributed by atoms with Gasteiger partial charge < -0.3 is 15.3 Å². The summed E-state index contributed by atoms with van der Waals surface area (Å²) in [6.07, 6.45) is 5.14. The normalized spacial score (nSPS) is 33.6. The third-order valence-corrected chi connectivity index (χ3v) is 5.24. The van der Waals surface area contributed by atoms with Crippen LogP contribution in [0.4, 0.5) is 0 Å². The van der Waals surface area contributed by atoms with Gasteiger partial charge in [0, 0.05) is 6.54 Å². The van der Waals surface area contributed by atoms with Crippen molar-refractivity contribution in [3.05, 3.63) is 0 Å². The van der Waals surface area contributed by atoms with Crippen molar-refractivity contribution < 1.29 is 9.90 Å². The average Bonchev–Trinajstić information content (AvgIpc) is 2.91. The highest BCUT2D eigenvalue weighted by molar-refractivity contribution is 5.79. The Bertz CT molecular complexity index is 356. The Morgan fingerprint density at radius 3 is 2.70 bits per heavy atom. The Balaban J connectivity index is 1.92. The van der Waals surface area contributed by atoms with E-state index in [1.54, 1.807) is 0 Å². The fourth-order valence-electron chi connectivity index (χ4n) is 4.13. The smallest absolute Gasteiger partial charge is 0.324 e. The average molecular weight is 282 g/mol. The van der Waals surface area contributed by atoms with Crippen LogP contribution >= 0.6 is 0 Å². The van der Waals surface area contributed by atoms with E-state index >= 15 is 0 Å². The van der Waals surface area contributed by atoms with Gasteiger partial charge in [0.15, 0.2) is 0 Å². The highest BCUT2D eigenvalue weighted by Gasteiger charge is 2.48. The molecule has 0 aromatic rings. The van der Waals surface area contributed by atoms with Crippen LogP contribution in [0.2, 0.25) is 0 Å². The van der Waals surface area contributed by atoms with Gasteiger partial charge in [-0.3, -0.25) is 4.79 Å². The van der Waals surface area contributed by atoms with Crippen LogP contribution in [0.5, 0.6) is 0 Å². The predicted molar refractivity (Wildman–Crippen MR) is 80.8 cm³/mol. The Kier molecular flexibility index (Phi) is 4.75. The molecule has 1 aliphatic heterocycles. The molecule has 0 amide bonds. The molecule has 0 aromatic heterocycles. The first-order valence-electron chi connectivity index (χ1n) is 8.10. The van der Waals surface area contributed by atoms with E-state index in [9.17, 15) is 9.90 Å². The first-order chi connectivity index (χ1) is 9.39. The zero-order valence-corrected chi connectivity index (χ0v) is 13.2. The summed E-state index contributed by atoms with van der Waals surface area (Å²) in [6, 6.07) is 0. The van der Waals surface area contributed by atoms with E-state index < -0.39 is 11.5 Å². The van der Waals surface area contributed by atoms with Gasteiger partial charge in [-0.25, -0.2) is 0 Å². The van der Waals surface area contributed by atoms with Gasteiger partial charge >= 0.3 is 5.97 Å². The maximum atomic E-state index is 11.7. The number of carboxylic acid groups (broad SMARTS) is 1. The van der Waals surface area contributed by atoms with Gasteiger partial charge in [0.1, 0.15) is 5.54 Å². The van der Waals surface area contributed by atoms with E-state index in [1.165, 1.54) is 13.0 Å². The van der Waals surface area contributed by atoms with Gasteiger partial charge in [-0.15, -0.1) is 0 Å². The predicted octanol–water partition coefficient (Wildman–Crippen LogP) is 2.34. The third-order valence-electron chi connectivity index (χ3n) is 5.24. The van der Waals surface area contributed by atoms with E-state index in [-0.39, 0.29) is 5.92 Å². The van der Waals surface area contributed by atoms with Crippen molar-refractivity contribution in [2.45, 2.75) is 58.4 Å². The Hall–Kier alpha value is -0.610. The summed E-state index contributed by atoms with van der Waals surface area (Å²) >= 11 is 0. The van der Waals surface area contributed by atoms with E-state index in [4.69, 9.17) is 0 Å². The van der Waals surface area contributed by atoms with Crippen molar-refractivity contribution in [3.8, 4) is 0 Å². The summed E-state index contributed by atoms with van der Waals surface area (Å²) in [7, 11) is 0. The number of hydrogen-bond donors (Lipinski definition) is 2. The monoisotopic (exact) mass is 282 g/mol. The number of aliphatic carboxylic acids is 1. The quantitative estimate of drug-likeness (QED) is 0.785. The fourth-order valence-corrected chi connectivity index (χ4v) is 4.13. The van der Waals surface area contributed by atoms with Gasteiger partial charge in [0.25, 0.3) is 0 Å². The molecule has 2 aliphatic rings. The summed E-state index contributed by atoms with van der Waals surface area (Å²) < 4.78 is 0. The molecule has 0 bridgehead atoms. The van der Waals surface area contributed by atoms with E-state index in [2.05, 4.69) is 24.1 Å². The summed E-state index contributed by atoms with van der Waals surface area (Å²) in [5.74, 6) is -0.368. The van der Waals surface area contributed by atoms with Crippen molar-refractivity contribution in [2.75, 3.05) is 26.2 Å². The maximum Gasteiger partial charge on any atom is 0.324 e. The largest absolute Gasteiger partial charge is 0.480 e. The molecule has 4 nitrogen and oxygen atoms in total. The van der Waals surface area contributed by atoms with Crippen LogP contribution in [-0.2, 0) is 4.79 Å². The zero-order chi connectivity index (χ0) is 14.8. The fraction of sp³-hybridized carbons (Fsp3) is 0.938. The first-order valence-corrected chi connectivity index (χ1v) is 8.10. The van der Waals surface area contributed by atoms with Crippen LogP contribution < -0.4 is 5.32 Å². The molecule has 2 N–H and O–H groups in total. The van der Waals surface area contributed by atoms with Crippen molar-refractivity contribution in [3.63, 3.8) is 0 Å². The maximum absolute atomic E-state index is 11.7. The molecule has 1 saturated carbocycles. The second-order valence-corrected chi connectivity index (χ2v) is 7.38. The molecule has 1 saturated heterocycles. The lowest BCUT2D eigenvalue weighted by Crippen LogP contribution is -2.55. The van der Waals surface area contributed by atoms with Crippen LogP contribution in [-0.4, -0.2) is 47.7 Å². The number of carbonyl (C=O) groups is 1. The number of rotatable bonds is 6. The highest BCUT2D eigenvalue weighted by atomic mass is 16.4.